The summed E-state index contributed by atoms with van der Waals surface area (Å²) in [5, 5.41) is 4.86. The van der Waals surface area contributed by atoms with Crippen LogP contribution in [-0.4, -0.2) is 15.0 Å². The van der Waals surface area contributed by atoms with E-state index in [1.54, 1.807) is 0 Å². The topological polar surface area (TPSA) is 38.7 Å². The highest BCUT2D eigenvalue weighted by Gasteiger charge is 2.35. The van der Waals surface area contributed by atoms with Gasteiger partial charge < -0.3 is 0 Å². The van der Waals surface area contributed by atoms with Crippen molar-refractivity contribution in [1.29, 1.82) is 0 Å². The molecule has 0 atom stereocenters. The maximum atomic E-state index is 5.25. The number of pyridine rings is 1. The third-order valence-electron chi connectivity index (χ3n) is 9.79. The molecule has 47 heavy (non-hydrogen) atoms. The summed E-state index contributed by atoms with van der Waals surface area (Å²) < 4.78 is 0. The van der Waals surface area contributed by atoms with Crippen molar-refractivity contribution in [1.82, 2.24) is 15.0 Å². The van der Waals surface area contributed by atoms with Crippen LogP contribution >= 0.6 is 0 Å². The van der Waals surface area contributed by atoms with E-state index in [2.05, 4.69) is 140 Å². The summed E-state index contributed by atoms with van der Waals surface area (Å²) in [5.74, 6) is 0.717. The number of hydrogen-bond donors (Lipinski definition) is 0. The average Bonchev–Trinajstić information content (AvgIpc) is 3.36. The summed E-state index contributed by atoms with van der Waals surface area (Å²) in [7, 11) is 0. The zero-order valence-corrected chi connectivity index (χ0v) is 26.3. The molecular formula is C44H31N3. The highest BCUT2D eigenvalue weighted by Crippen LogP contribution is 2.50. The van der Waals surface area contributed by atoms with Crippen LogP contribution in [0.2, 0.25) is 0 Å². The van der Waals surface area contributed by atoms with Gasteiger partial charge in [0.15, 0.2) is 5.82 Å². The summed E-state index contributed by atoms with van der Waals surface area (Å²) in [6.45, 7) is 4.68. The van der Waals surface area contributed by atoms with E-state index < -0.39 is 0 Å². The van der Waals surface area contributed by atoms with Gasteiger partial charge in [-0.3, -0.25) is 4.98 Å². The first kappa shape index (κ1) is 27.4. The van der Waals surface area contributed by atoms with Gasteiger partial charge in [-0.15, -0.1) is 0 Å². The molecule has 0 saturated carbocycles. The van der Waals surface area contributed by atoms with E-state index in [0.717, 1.165) is 50.4 Å². The lowest BCUT2D eigenvalue weighted by Crippen LogP contribution is -2.14. The second-order valence-corrected chi connectivity index (χ2v) is 12.9. The second kappa shape index (κ2) is 10.6. The Balaban J connectivity index is 1.24. The van der Waals surface area contributed by atoms with Gasteiger partial charge in [0, 0.05) is 34.5 Å². The summed E-state index contributed by atoms with van der Waals surface area (Å²) in [4.78, 5) is 14.6. The van der Waals surface area contributed by atoms with Crippen molar-refractivity contribution in [2.24, 2.45) is 0 Å². The molecule has 6 aromatic carbocycles. The molecule has 0 saturated heterocycles. The van der Waals surface area contributed by atoms with E-state index in [9.17, 15) is 0 Å². The lowest BCUT2D eigenvalue weighted by Gasteiger charge is -2.22. The summed E-state index contributed by atoms with van der Waals surface area (Å²) in [5.41, 5.74) is 12.6. The Morgan fingerprint density at radius 1 is 0.426 bits per heavy atom. The molecule has 0 unspecified atom stereocenters. The van der Waals surface area contributed by atoms with Crippen LogP contribution in [-0.2, 0) is 5.41 Å². The smallest absolute Gasteiger partial charge is 0.161 e. The maximum absolute atomic E-state index is 5.25. The molecule has 1 aliphatic carbocycles. The molecule has 1 aliphatic rings. The van der Waals surface area contributed by atoms with Gasteiger partial charge in [0.1, 0.15) is 0 Å². The molecule has 3 heteroatoms. The Kier molecular flexibility index (Phi) is 6.16. The molecule has 0 fully saturated rings. The van der Waals surface area contributed by atoms with E-state index >= 15 is 0 Å². The predicted molar refractivity (Wildman–Crippen MR) is 194 cm³/mol. The Hall–Kier alpha value is -5.93. The van der Waals surface area contributed by atoms with Crippen molar-refractivity contribution < 1.29 is 0 Å². The Morgan fingerprint density at radius 3 is 1.98 bits per heavy atom. The van der Waals surface area contributed by atoms with Gasteiger partial charge in [-0.1, -0.05) is 117 Å². The fourth-order valence-corrected chi connectivity index (χ4v) is 7.36. The molecule has 0 aliphatic heterocycles. The largest absolute Gasteiger partial charge is 0.265 e. The normalized spacial score (nSPS) is 13.1. The summed E-state index contributed by atoms with van der Waals surface area (Å²) in [6.07, 6.45) is 3.66. The van der Waals surface area contributed by atoms with E-state index in [-0.39, 0.29) is 5.41 Å². The molecule has 2 aromatic heterocycles. The fraction of sp³-hybridized carbons (Fsp3) is 0.0682. The third kappa shape index (κ3) is 4.46. The zero-order valence-electron chi connectivity index (χ0n) is 26.3. The number of aromatic nitrogens is 3. The van der Waals surface area contributed by atoms with Gasteiger partial charge in [-0.05, 0) is 91.3 Å². The van der Waals surface area contributed by atoms with E-state index in [1.165, 1.54) is 38.4 Å². The first-order valence-electron chi connectivity index (χ1n) is 16.1. The van der Waals surface area contributed by atoms with Crippen molar-refractivity contribution in [3.8, 4) is 56.2 Å². The molecule has 9 rings (SSSR count). The highest BCUT2D eigenvalue weighted by atomic mass is 14.9. The van der Waals surface area contributed by atoms with Gasteiger partial charge in [0.25, 0.3) is 0 Å². The standard InChI is InChI=1S/C44H31N3/c1-44(2)39-17-7-6-14-35(39)38-25-31-18-19-34-33(37(31)26-40(38)44)15-9-16-36(34)43-46-41(29-10-4-3-5-11-29)27-42(47-43)32-13-8-12-30(24-32)28-20-22-45-23-21-28/h3-27H,1-2H3. The first-order chi connectivity index (χ1) is 23.0. The van der Waals surface area contributed by atoms with Crippen molar-refractivity contribution in [3.63, 3.8) is 0 Å². The predicted octanol–water partition coefficient (Wildman–Crippen LogP) is 11.2. The Labute approximate surface area is 274 Å². The molecule has 8 aromatic rings. The average molecular weight is 602 g/mol. The minimum atomic E-state index is -0.0628. The van der Waals surface area contributed by atoms with Crippen LogP contribution < -0.4 is 0 Å². The van der Waals surface area contributed by atoms with Crippen LogP contribution in [0, 0.1) is 0 Å². The number of benzene rings is 6. The molecule has 0 amide bonds. The summed E-state index contributed by atoms with van der Waals surface area (Å²) in [6, 6.07) is 49.8. The molecule has 3 nitrogen and oxygen atoms in total. The number of rotatable bonds is 4. The lowest BCUT2D eigenvalue weighted by atomic mass is 9.81. The molecule has 2 heterocycles. The van der Waals surface area contributed by atoms with Crippen LogP contribution in [0.25, 0.3) is 77.7 Å². The Bertz CT molecular complexity index is 2480. The monoisotopic (exact) mass is 601 g/mol. The number of hydrogen-bond acceptors (Lipinski definition) is 3. The van der Waals surface area contributed by atoms with Crippen LogP contribution in [0.15, 0.2) is 152 Å². The second-order valence-electron chi connectivity index (χ2n) is 12.9. The van der Waals surface area contributed by atoms with Gasteiger partial charge in [0.05, 0.1) is 11.4 Å². The number of fused-ring (bicyclic) bond motifs is 6. The van der Waals surface area contributed by atoms with Crippen molar-refractivity contribution in [2.45, 2.75) is 19.3 Å². The third-order valence-corrected chi connectivity index (χ3v) is 9.79. The molecule has 0 bridgehead atoms. The molecular weight excluding hydrogens is 571 g/mol. The van der Waals surface area contributed by atoms with Crippen LogP contribution in [0.3, 0.4) is 0 Å². The van der Waals surface area contributed by atoms with Crippen LogP contribution in [0.1, 0.15) is 25.0 Å². The Morgan fingerprint density at radius 2 is 1.13 bits per heavy atom. The van der Waals surface area contributed by atoms with Gasteiger partial charge in [-0.25, -0.2) is 9.97 Å². The van der Waals surface area contributed by atoms with Crippen molar-refractivity contribution in [3.05, 3.63) is 163 Å². The van der Waals surface area contributed by atoms with Crippen LogP contribution in [0.4, 0.5) is 0 Å². The molecule has 0 N–H and O–H groups in total. The SMILES string of the molecule is CC1(C)c2ccccc2-c2cc3ccc4c(-c5nc(-c6ccccc6)cc(-c6cccc(-c7ccncc7)c6)n5)cccc4c3cc21. The van der Waals surface area contributed by atoms with Gasteiger partial charge >= 0.3 is 0 Å². The highest BCUT2D eigenvalue weighted by molar-refractivity contribution is 6.13. The summed E-state index contributed by atoms with van der Waals surface area (Å²) >= 11 is 0. The maximum Gasteiger partial charge on any atom is 0.161 e. The zero-order chi connectivity index (χ0) is 31.5. The number of nitrogens with zero attached hydrogens (tertiary/aromatic N) is 3. The molecule has 0 spiro atoms. The quantitative estimate of drug-likeness (QED) is 0.188. The fourth-order valence-electron chi connectivity index (χ4n) is 7.36. The van der Waals surface area contributed by atoms with Gasteiger partial charge in [0.2, 0.25) is 0 Å². The molecule has 0 radical (unpaired) electrons. The van der Waals surface area contributed by atoms with Crippen molar-refractivity contribution in [2.75, 3.05) is 0 Å². The van der Waals surface area contributed by atoms with E-state index in [0.29, 0.717) is 0 Å². The molecule has 222 valence electrons. The van der Waals surface area contributed by atoms with Crippen LogP contribution in [0.5, 0.6) is 0 Å². The minimum absolute atomic E-state index is 0.0628. The van der Waals surface area contributed by atoms with E-state index in [1.807, 2.05) is 30.6 Å². The first-order valence-corrected chi connectivity index (χ1v) is 16.1. The van der Waals surface area contributed by atoms with E-state index in [4.69, 9.17) is 9.97 Å². The lowest BCUT2D eigenvalue weighted by molar-refractivity contribution is 0.661. The minimum Gasteiger partial charge on any atom is -0.265 e. The van der Waals surface area contributed by atoms with Crippen molar-refractivity contribution >= 4 is 21.5 Å². The van der Waals surface area contributed by atoms with Gasteiger partial charge in [-0.2, -0.15) is 0 Å².